The van der Waals surface area contributed by atoms with E-state index in [1.54, 1.807) is 7.05 Å². The van der Waals surface area contributed by atoms with Crippen molar-refractivity contribution in [2.45, 2.75) is 19.4 Å². The number of likely N-dealkylation sites (N-methyl/N-ethyl adjacent to an activating group) is 2. The Labute approximate surface area is 76.9 Å². The molecule has 0 spiro atoms. The van der Waals surface area contributed by atoms with Crippen LogP contribution in [0.4, 0.5) is 0 Å². The zero-order chi connectivity index (χ0) is 10.4. The molecule has 1 amide bonds. The van der Waals surface area contributed by atoms with Gasteiger partial charge in [0.15, 0.2) is 0 Å². The van der Waals surface area contributed by atoms with Gasteiger partial charge < -0.3 is 10.6 Å². The molecule has 0 aromatic heterocycles. The molecule has 1 atom stereocenters. The summed E-state index contributed by atoms with van der Waals surface area (Å²) in [7, 11) is 2.95. The van der Waals surface area contributed by atoms with E-state index in [1.807, 2.05) is 0 Å². The van der Waals surface area contributed by atoms with E-state index in [2.05, 4.69) is 10.6 Å². The van der Waals surface area contributed by atoms with Crippen molar-refractivity contribution in [2.75, 3.05) is 14.1 Å². The number of nitrogens with one attached hydrogen (secondary N) is 2. The van der Waals surface area contributed by atoms with Crippen molar-refractivity contribution < 1.29 is 14.4 Å². The molecule has 0 aromatic carbocycles. The van der Waals surface area contributed by atoms with Gasteiger partial charge in [0.2, 0.25) is 5.78 Å². The normalized spacial score (nSPS) is 11.9. The number of carbonyl (C=O) groups excluding carboxylic acids is 3. The van der Waals surface area contributed by atoms with E-state index < -0.39 is 17.7 Å². The number of ketones is 2. The molecule has 2 N–H and O–H groups in total. The molecule has 0 bridgehead atoms. The predicted molar refractivity (Wildman–Crippen MR) is 47.2 cm³/mol. The molecule has 0 saturated carbocycles. The minimum Gasteiger partial charge on any atom is -0.353 e. The van der Waals surface area contributed by atoms with Crippen molar-refractivity contribution in [1.29, 1.82) is 0 Å². The number of rotatable bonds is 5. The van der Waals surface area contributed by atoms with Crippen molar-refractivity contribution in [3.8, 4) is 0 Å². The molecule has 0 rings (SSSR count). The van der Waals surface area contributed by atoms with E-state index in [0.29, 0.717) is 0 Å². The quantitative estimate of drug-likeness (QED) is 0.533. The lowest BCUT2D eigenvalue weighted by Gasteiger charge is -2.10. The molecule has 0 aliphatic carbocycles. The van der Waals surface area contributed by atoms with Gasteiger partial charge in [-0.3, -0.25) is 14.4 Å². The fourth-order valence-electron chi connectivity index (χ4n) is 0.867. The lowest BCUT2D eigenvalue weighted by atomic mass is 10.1. The van der Waals surface area contributed by atoms with E-state index in [0.717, 1.165) is 0 Å². The van der Waals surface area contributed by atoms with Gasteiger partial charge in [0.05, 0.1) is 6.04 Å². The van der Waals surface area contributed by atoms with Gasteiger partial charge in [-0.15, -0.1) is 0 Å². The molecular weight excluding hydrogens is 172 g/mol. The summed E-state index contributed by atoms with van der Waals surface area (Å²) in [5.41, 5.74) is 0. The van der Waals surface area contributed by atoms with Gasteiger partial charge in [-0.2, -0.15) is 0 Å². The fraction of sp³-hybridized carbons (Fsp3) is 0.625. The molecule has 0 unspecified atom stereocenters. The summed E-state index contributed by atoms with van der Waals surface area (Å²) in [6, 6.07) is -0.565. The summed E-state index contributed by atoms with van der Waals surface area (Å²) in [4.78, 5) is 32.7. The minimum atomic E-state index is -0.665. The second-order valence-electron chi connectivity index (χ2n) is 2.66. The first-order valence-corrected chi connectivity index (χ1v) is 3.95. The van der Waals surface area contributed by atoms with Crippen LogP contribution in [0.1, 0.15) is 13.3 Å². The molecule has 0 aliphatic heterocycles. The van der Waals surface area contributed by atoms with Crippen LogP contribution >= 0.6 is 0 Å². The van der Waals surface area contributed by atoms with Crippen LogP contribution in [0.2, 0.25) is 0 Å². The summed E-state index contributed by atoms with van der Waals surface area (Å²) >= 11 is 0. The second-order valence-corrected chi connectivity index (χ2v) is 2.66. The average molecular weight is 186 g/mol. The zero-order valence-electron chi connectivity index (χ0n) is 8.01. The highest BCUT2D eigenvalue weighted by Crippen LogP contribution is 1.94. The summed E-state index contributed by atoms with van der Waals surface area (Å²) in [6.45, 7) is 1.37. The summed E-state index contributed by atoms with van der Waals surface area (Å²) in [5.74, 6) is -1.40. The summed E-state index contributed by atoms with van der Waals surface area (Å²) in [5, 5.41) is 4.87. The van der Waals surface area contributed by atoms with Crippen LogP contribution < -0.4 is 10.6 Å². The van der Waals surface area contributed by atoms with Gasteiger partial charge in [-0.05, 0) is 14.0 Å². The monoisotopic (exact) mass is 186 g/mol. The summed E-state index contributed by atoms with van der Waals surface area (Å²) in [6.07, 6.45) is -0.0918. The lowest BCUT2D eigenvalue weighted by molar-refractivity contribution is -0.138. The molecule has 0 aliphatic rings. The lowest BCUT2D eigenvalue weighted by Crippen LogP contribution is -2.38. The fourth-order valence-corrected chi connectivity index (χ4v) is 0.867. The molecule has 0 heterocycles. The highest BCUT2D eigenvalue weighted by atomic mass is 16.2. The van der Waals surface area contributed by atoms with E-state index in [9.17, 15) is 14.4 Å². The van der Waals surface area contributed by atoms with Gasteiger partial charge in [-0.1, -0.05) is 0 Å². The van der Waals surface area contributed by atoms with Crippen LogP contribution in [-0.2, 0) is 14.4 Å². The van der Waals surface area contributed by atoms with E-state index >= 15 is 0 Å². The third-order valence-corrected chi connectivity index (χ3v) is 1.71. The molecule has 0 saturated heterocycles. The first kappa shape index (κ1) is 11.8. The van der Waals surface area contributed by atoms with Crippen molar-refractivity contribution in [3.63, 3.8) is 0 Å². The van der Waals surface area contributed by atoms with Crippen LogP contribution in [-0.4, -0.2) is 37.6 Å². The molecular formula is C8H14N2O3. The maximum Gasteiger partial charge on any atom is 0.287 e. The Morgan fingerprint density at radius 1 is 1.23 bits per heavy atom. The standard InChI is InChI=1S/C8H14N2O3/c1-5(11)6(9-2)4-7(12)8(13)10-3/h6,9H,4H2,1-3H3,(H,10,13)/t6-/m0/s1. The van der Waals surface area contributed by atoms with Crippen molar-refractivity contribution >= 4 is 17.5 Å². The number of hydrogen-bond donors (Lipinski definition) is 2. The molecule has 5 heteroatoms. The number of hydrogen-bond acceptors (Lipinski definition) is 4. The van der Waals surface area contributed by atoms with Gasteiger partial charge in [0, 0.05) is 13.5 Å². The molecule has 5 nitrogen and oxygen atoms in total. The van der Waals surface area contributed by atoms with E-state index in [-0.39, 0.29) is 12.2 Å². The Balaban J connectivity index is 4.17. The van der Waals surface area contributed by atoms with Gasteiger partial charge in [0.25, 0.3) is 5.91 Å². The van der Waals surface area contributed by atoms with E-state index in [1.165, 1.54) is 14.0 Å². The van der Waals surface area contributed by atoms with Crippen LogP contribution in [0.25, 0.3) is 0 Å². The predicted octanol–water partition coefficient (Wildman–Crippen LogP) is -1.13. The maximum absolute atomic E-state index is 11.0. The topological polar surface area (TPSA) is 75.3 Å². The Morgan fingerprint density at radius 3 is 2.08 bits per heavy atom. The third-order valence-electron chi connectivity index (χ3n) is 1.71. The molecule has 0 radical (unpaired) electrons. The number of carbonyl (C=O) groups is 3. The molecule has 74 valence electrons. The Bertz CT molecular complexity index is 225. The largest absolute Gasteiger partial charge is 0.353 e. The minimum absolute atomic E-state index is 0.0918. The Hall–Kier alpha value is -1.23. The molecule has 13 heavy (non-hydrogen) atoms. The second kappa shape index (κ2) is 5.42. The molecule has 0 fully saturated rings. The zero-order valence-corrected chi connectivity index (χ0v) is 8.01. The SMILES string of the molecule is CNC(=O)C(=O)C[C@H](NC)C(C)=O. The highest BCUT2D eigenvalue weighted by Gasteiger charge is 2.20. The first-order valence-electron chi connectivity index (χ1n) is 3.95. The van der Waals surface area contributed by atoms with Crippen LogP contribution in [0, 0.1) is 0 Å². The number of amides is 1. The van der Waals surface area contributed by atoms with Crippen molar-refractivity contribution in [2.24, 2.45) is 0 Å². The smallest absolute Gasteiger partial charge is 0.287 e. The van der Waals surface area contributed by atoms with Crippen LogP contribution in [0.5, 0.6) is 0 Å². The van der Waals surface area contributed by atoms with Crippen LogP contribution in [0.3, 0.4) is 0 Å². The Morgan fingerprint density at radius 2 is 1.77 bits per heavy atom. The summed E-state index contributed by atoms with van der Waals surface area (Å²) < 4.78 is 0. The Kier molecular flexibility index (Phi) is 4.91. The number of Topliss-reactive ketones (excluding diaryl/α,β-unsaturated/α-hetero) is 2. The van der Waals surface area contributed by atoms with Gasteiger partial charge in [0.1, 0.15) is 5.78 Å². The molecule has 0 aromatic rings. The van der Waals surface area contributed by atoms with Crippen molar-refractivity contribution in [1.82, 2.24) is 10.6 Å². The van der Waals surface area contributed by atoms with Gasteiger partial charge in [-0.25, -0.2) is 0 Å². The first-order chi connectivity index (χ1) is 6.02. The maximum atomic E-state index is 11.0. The van der Waals surface area contributed by atoms with Crippen LogP contribution in [0.15, 0.2) is 0 Å². The average Bonchev–Trinajstić information content (AvgIpc) is 2.11. The van der Waals surface area contributed by atoms with E-state index in [4.69, 9.17) is 0 Å². The van der Waals surface area contributed by atoms with Gasteiger partial charge >= 0.3 is 0 Å². The van der Waals surface area contributed by atoms with Crippen molar-refractivity contribution in [3.05, 3.63) is 0 Å². The third kappa shape index (κ3) is 3.80. The highest BCUT2D eigenvalue weighted by molar-refractivity contribution is 6.36.